The minimum atomic E-state index is -1.01. The minimum Gasteiger partial charge on any atom is -0.478 e. The van der Waals surface area contributed by atoms with Gasteiger partial charge >= 0.3 is 5.97 Å². The fraction of sp³-hybridized carbons (Fsp3) is 0.214. The van der Waals surface area contributed by atoms with Gasteiger partial charge in [0.1, 0.15) is 5.75 Å². The van der Waals surface area contributed by atoms with Crippen LogP contribution in [0.15, 0.2) is 36.9 Å². The lowest BCUT2D eigenvalue weighted by Gasteiger charge is -2.04. The van der Waals surface area contributed by atoms with E-state index in [2.05, 4.69) is 10.1 Å². The number of aliphatic carboxylic acids is 1. The molecule has 0 aliphatic heterocycles. The molecule has 0 unspecified atom stereocenters. The molecule has 2 rings (SSSR count). The second-order valence-electron chi connectivity index (χ2n) is 4.48. The monoisotopic (exact) mass is 273 g/mol. The highest BCUT2D eigenvalue weighted by Crippen LogP contribution is 2.22. The molecular weight excluding hydrogens is 258 g/mol. The van der Waals surface area contributed by atoms with E-state index in [1.54, 1.807) is 35.5 Å². The molecular formula is C14H15N3O3. The minimum absolute atomic E-state index is 0.260. The second-order valence-corrected chi connectivity index (χ2v) is 4.48. The van der Waals surface area contributed by atoms with Gasteiger partial charge in [-0.25, -0.2) is 4.79 Å². The van der Waals surface area contributed by atoms with Crippen molar-refractivity contribution in [1.82, 2.24) is 14.8 Å². The molecule has 0 aliphatic rings. The maximum absolute atomic E-state index is 10.5. The molecule has 0 aromatic carbocycles. The summed E-state index contributed by atoms with van der Waals surface area (Å²) in [5.74, 6) is 0.134. The standard InChI is InChI=1S/C14H15N3O3/c1-10(2)17-9-13(8-16-17)20-12-5-11(6-15-7-12)3-4-14(18)19/h3-10H,1-2H3,(H,18,19)/b4-3+. The van der Waals surface area contributed by atoms with E-state index in [-0.39, 0.29) is 6.04 Å². The predicted molar refractivity (Wildman–Crippen MR) is 73.6 cm³/mol. The van der Waals surface area contributed by atoms with Gasteiger partial charge < -0.3 is 9.84 Å². The summed E-state index contributed by atoms with van der Waals surface area (Å²) in [7, 11) is 0. The molecule has 0 amide bonds. The van der Waals surface area contributed by atoms with E-state index in [1.807, 2.05) is 13.8 Å². The van der Waals surface area contributed by atoms with Crippen LogP contribution >= 0.6 is 0 Å². The number of rotatable bonds is 5. The zero-order chi connectivity index (χ0) is 14.5. The van der Waals surface area contributed by atoms with E-state index >= 15 is 0 Å². The van der Waals surface area contributed by atoms with Gasteiger partial charge in [0.2, 0.25) is 0 Å². The Kier molecular flexibility index (Phi) is 4.14. The summed E-state index contributed by atoms with van der Waals surface area (Å²) >= 11 is 0. The van der Waals surface area contributed by atoms with Gasteiger partial charge in [-0.05, 0) is 31.6 Å². The van der Waals surface area contributed by atoms with Gasteiger partial charge in [0.25, 0.3) is 0 Å². The highest BCUT2D eigenvalue weighted by molar-refractivity contribution is 5.85. The van der Waals surface area contributed by atoms with Crippen molar-refractivity contribution in [1.29, 1.82) is 0 Å². The zero-order valence-corrected chi connectivity index (χ0v) is 11.2. The summed E-state index contributed by atoms with van der Waals surface area (Å²) < 4.78 is 7.42. The first-order valence-corrected chi connectivity index (χ1v) is 6.12. The summed E-state index contributed by atoms with van der Waals surface area (Å²) in [5.41, 5.74) is 0.654. The Morgan fingerprint density at radius 2 is 2.15 bits per heavy atom. The Balaban J connectivity index is 2.12. The maximum atomic E-state index is 10.5. The molecule has 0 saturated heterocycles. The van der Waals surface area contributed by atoms with E-state index < -0.39 is 5.97 Å². The second kappa shape index (κ2) is 6.01. The maximum Gasteiger partial charge on any atom is 0.328 e. The van der Waals surface area contributed by atoms with Gasteiger partial charge in [0.15, 0.2) is 5.75 Å². The van der Waals surface area contributed by atoms with Gasteiger partial charge in [0, 0.05) is 18.3 Å². The van der Waals surface area contributed by atoms with Crippen LogP contribution in [0, 0.1) is 0 Å². The molecule has 0 saturated carbocycles. The van der Waals surface area contributed by atoms with Crippen LogP contribution in [0.4, 0.5) is 0 Å². The SMILES string of the molecule is CC(C)n1cc(Oc2cncc(/C=C/C(=O)O)c2)cn1. The van der Waals surface area contributed by atoms with Crippen LogP contribution in [-0.2, 0) is 4.79 Å². The fourth-order valence-corrected chi connectivity index (χ4v) is 1.54. The van der Waals surface area contributed by atoms with E-state index in [9.17, 15) is 4.79 Å². The van der Waals surface area contributed by atoms with Gasteiger partial charge in [-0.3, -0.25) is 9.67 Å². The fourth-order valence-electron chi connectivity index (χ4n) is 1.54. The predicted octanol–water partition coefficient (Wildman–Crippen LogP) is 2.75. The quantitative estimate of drug-likeness (QED) is 0.847. The van der Waals surface area contributed by atoms with Crippen LogP contribution in [0.3, 0.4) is 0 Å². The number of ether oxygens (including phenoxy) is 1. The highest BCUT2D eigenvalue weighted by atomic mass is 16.5. The first-order chi connectivity index (χ1) is 9.54. The Morgan fingerprint density at radius 1 is 1.35 bits per heavy atom. The van der Waals surface area contributed by atoms with Crippen LogP contribution in [0.1, 0.15) is 25.5 Å². The molecule has 0 aliphatic carbocycles. The summed E-state index contributed by atoms with van der Waals surface area (Å²) in [5, 5.41) is 12.8. The molecule has 6 heteroatoms. The van der Waals surface area contributed by atoms with Gasteiger partial charge in [-0.15, -0.1) is 0 Å². The van der Waals surface area contributed by atoms with Crippen LogP contribution < -0.4 is 4.74 Å². The Morgan fingerprint density at radius 3 is 2.80 bits per heavy atom. The molecule has 2 heterocycles. The lowest BCUT2D eigenvalue weighted by Crippen LogP contribution is -1.99. The lowest BCUT2D eigenvalue weighted by atomic mass is 10.2. The van der Waals surface area contributed by atoms with Crippen molar-refractivity contribution in [2.45, 2.75) is 19.9 Å². The molecule has 2 aromatic heterocycles. The first kappa shape index (κ1) is 13.8. The highest BCUT2D eigenvalue weighted by Gasteiger charge is 2.04. The number of pyridine rings is 1. The summed E-state index contributed by atoms with van der Waals surface area (Å²) in [6.07, 6.45) is 9.05. The largest absolute Gasteiger partial charge is 0.478 e. The molecule has 6 nitrogen and oxygen atoms in total. The molecule has 0 atom stereocenters. The normalized spacial score (nSPS) is 11.2. The summed E-state index contributed by atoms with van der Waals surface area (Å²) in [6.45, 7) is 4.05. The number of carbonyl (C=O) groups is 1. The van der Waals surface area contributed by atoms with Gasteiger partial charge in [-0.2, -0.15) is 5.10 Å². The number of hydrogen-bond donors (Lipinski definition) is 1. The molecule has 20 heavy (non-hydrogen) atoms. The first-order valence-electron chi connectivity index (χ1n) is 6.12. The molecule has 0 spiro atoms. The molecule has 2 aromatic rings. The molecule has 104 valence electrons. The van der Waals surface area contributed by atoms with E-state index in [0.717, 1.165) is 6.08 Å². The number of hydrogen-bond acceptors (Lipinski definition) is 4. The third kappa shape index (κ3) is 3.68. The van der Waals surface area contributed by atoms with Crippen molar-refractivity contribution in [3.63, 3.8) is 0 Å². The molecule has 0 bridgehead atoms. The number of carboxylic acid groups (broad SMARTS) is 1. The van der Waals surface area contributed by atoms with Gasteiger partial charge in [-0.1, -0.05) is 0 Å². The number of nitrogens with zero attached hydrogens (tertiary/aromatic N) is 3. The van der Waals surface area contributed by atoms with E-state index in [4.69, 9.17) is 9.84 Å². The third-order valence-electron chi connectivity index (χ3n) is 2.50. The van der Waals surface area contributed by atoms with Crippen molar-refractivity contribution >= 4 is 12.0 Å². The van der Waals surface area contributed by atoms with Crippen molar-refractivity contribution in [3.8, 4) is 11.5 Å². The van der Waals surface area contributed by atoms with Crippen LogP contribution in [-0.4, -0.2) is 25.8 Å². The summed E-state index contributed by atoms with van der Waals surface area (Å²) in [4.78, 5) is 14.5. The number of carboxylic acids is 1. The molecule has 0 fully saturated rings. The Labute approximate surface area is 116 Å². The van der Waals surface area contributed by atoms with Crippen LogP contribution in [0.25, 0.3) is 6.08 Å². The van der Waals surface area contributed by atoms with Crippen molar-refractivity contribution in [3.05, 3.63) is 42.5 Å². The van der Waals surface area contributed by atoms with Crippen LogP contribution in [0.2, 0.25) is 0 Å². The third-order valence-corrected chi connectivity index (χ3v) is 2.50. The smallest absolute Gasteiger partial charge is 0.328 e. The Bertz CT molecular complexity index is 632. The number of aromatic nitrogens is 3. The average Bonchev–Trinajstić information content (AvgIpc) is 2.85. The zero-order valence-electron chi connectivity index (χ0n) is 11.2. The topological polar surface area (TPSA) is 77.2 Å². The van der Waals surface area contributed by atoms with E-state index in [0.29, 0.717) is 17.1 Å². The Hall–Kier alpha value is -2.63. The van der Waals surface area contributed by atoms with E-state index in [1.165, 1.54) is 6.08 Å². The van der Waals surface area contributed by atoms with Crippen molar-refractivity contribution in [2.24, 2.45) is 0 Å². The summed E-state index contributed by atoms with van der Waals surface area (Å²) in [6, 6.07) is 1.97. The van der Waals surface area contributed by atoms with Gasteiger partial charge in [0.05, 0.1) is 18.6 Å². The lowest BCUT2D eigenvalue weighted by molar-refractivity contribution is -0.131. The van der Waals surface area contributed by atoms with Crippen molar-refractivity contribution in [2.75, 3.05) is 0 Å². The van der Waals surface area contributed by atoms with Crippen molar-refractivity contribution < 1.29 is 14.6 Å². The van der Waals surface area contributed by atoms with Crippen LogP contribution in [0.5, 0.6) is 11.5 Å². The average molecular weight is 273 g/mol. The molecule has 0 radical (unpaired) electrons. The molecule has 1 N–H and O–H groups in total.